The fourth-order valence-electron chi connectivity index (χ4n) is 1.52. The second kappa shape index (κ2) is 5.35. The number of aromatic carboxylic acids is 1. The van der Waals surface area contributed by atoms with Crippen molar-refractivity contribution < 1.29 is 24.2 Å². The van der Waals surface area contributed by atoms with Crippen molar-refractivity contribution in [2.75, 3.05) is 5.32 Å². The number of phenolic OH excluding ortho intramolecular Hbond substituents is 1. The van der Waals surface area contributed by atoms with E-state index in [2.05, 4.69) is 10.3 Å². The molecular weight excluding hydrogens is 267 g/mol. The first-order chi connectivity index (χ1) is 9.49. The average molecular weight is 276 g/mol. The van der Waals surface area contributed by atoms with Gasteiger partial charge in [0.05, 0.1) is 23.0 Å². The van der Waals surface area contributed by atoms with E-state index in [0.717, 1.165) is 12.3 Å². The largest absolute Gasteiger partial charge is 0.506 e. The van der Waals surface area contributed by atoms with Gasteiger partial charge in [-0.2, -0.15) is 0 Å². The van der Waals surface area contributed by atoms with E-state index in [4.69, 9.17) is 5.11 Å². The Morgan fingerprint density at radius 1 is 1.25 bits per heavy atom. The molecule has 0 bridgehead atoms. The first-order valence-electron chi connectivity index (χ1n) is 5.46. The summed E-state index contributed by atoms with van der Waals surface area (Å²) in [6.45, 7) is 0. The Morgan fingerprint density at radius 2 is 2.00 bits per heavy atom. The lowest BCUT2D eigenvalue weighted by atomic mass is 10.1. The predicted molar refractivity (Wildman–Crippen MR) is 67.2 cm³/mol. The minimum Gasteiger partial charge on any atom is -0.506 e. The van der Waals surface area contributed by atoms with E-state index < -0.39 is 23.4 Å². The molecule has 7 heteroatoms. The minimum absolute atomic E-state index is 0.0174. The van der Waals surface area contributed by atoms with Crippen LogP contribution in [0.2, 0.25) is 0 Å². The fraction of sp³-hybridized carbons (Fsp3) is 0. The molecule has 0 spiro atoms. The van der Waals surface area contributed by atoms with Crippen molar-refractivity contribution in [1.29, 1.82) is 0 Å². The first kappa shape index (κ1) is 13.5. The predicted octanol–water partition coefficient (Wildman–Crippen LogP) is 1.88. The number of benzene rings is 1. The maximum absolute atomic E-state index is 13.3. The zero-order chi connectivity index (χ0) is 14.7. The smallest absolute Gasteiger partial charge is 0.335 e. The number of aromatic nitrogens is 1. The van der Waals surface area contributed by atoms with E-state index in [1.165, 1.54) is 24.4 Å². The van der Waals surface area contributed by atoms with Crippen molar-refractivity contribution in [3.63, 3.8) is 0 Å². The Morgan fingerprint density at radius 3 is 2.60 bits per heavy atom. The zero-order valence-corrected chi connectivity index (χ0v) is 10.0. The first-order valence-corrected chi connectivity index (χ1v) is 5.46. The average Bonchev–Trinajstić information content (AvgIpc) is 2.41. The summed E-state index contributed by atoms with van der Waals surface area (Å²) >= 11 is 0. The van der Waals surface area contributed by atoms with Crippen LogP contribution in [0.4, 0.5) is 10.1 Å². The number of anilines is 1. The molecule has 102 valence electrons. The van der Waals surface area contributed by atoms with Crippen LogP contribution in [0.25, 0.3) is 0 Å². The Labute approximate surface area is 112 Å². The molecule has 0 aliphatic carbocycles. The number of hydrogen-bond acceptors (Lipinski definition) is 4. The number of halogens is 1. The molecule has 0 radical (unpaired) electrons. The number of nitrogens with one attached hydrogen (secondary N) is 1. The van der Waals surface area contributed by atoms with Crippen molar-refractivity contribution in [1.82, 2.24) is 4.98 Å². The molecule has 20 heavy (non-hydrogen) atoms. The van der Waals surface area contributed by atoms with E-state index >= 15 is 0 Å². The van der Waals surface area contributed by atoms with E-state index in [1.807, 2.05) is 0 Å². The fourth-order valence-corrected chi connectivity index (χ4v) is 1.52. The number of carbonyl (C=O) groups excluding carboxylic acids is 1. The second-order valence-electron chi connectivity index (χ2n) is 3.85. The molecule has 3 N–H and O–H groups in total. The molecule has 0 saturated heterocycles. The molecule has 0 atom stereocenters. The molecule has 1 heterocycles. The maximum atomic E-state index is 13.3. The Balaban J connectivity index is 2.25. The van der Waals surface area contributed by atoms with Gasteiger partial charge in [-0.05, 0) is 24.3 Å². The molecule has 1 amide bonds. The Bertz CT molecular complexity index is 688. The van der Waals surface area contributed by atoms with Crippen LogP contribution in [0.15, 0.2) is 36.7 Å². The number of hydrogen-bond donors (Lipinski definition) is 3. The van der Waals surface area contributed by atoms with Crippen LogP contribution in [0.1, 0.15) is 20.7 Å². The van der Waals surface area contributed by atoms with Crippen LogP contribution in [-0.4, -0.2) is 27.1 Å². The molecule has 2 rings (SSSR count). The summed E-state index contributed by atoms with van der Waals surface area (Å²) < 4.78 is 13.3. The number of aromatic hydroxyl groups is 1. The topological polar surface area (TPSA) is 99.5 Å². The summed E-state index contributed by atoms with van der Waals surface area (Å²) in [6.07, 6.45) is 2.15. The third kappa shape index (κ3) is 2.72. The van der Waals surface area contributed by atoms with Gasteiger partial charge >= 0.3 is 5.97 Å². The van der Waals surface area contributed by atoms with Gasteiger partial charge in [0.15, 0.2) is 5.82 Å². The number of amides is 1. The molecule has 1 aromatic heterocycles. The van der Waals surface area contributed by atoms with Crippen LogP contribution in [0.3, 0.4) is 0 Å². The molecule has 0 aliphatic rings. The third-order valence-corrected chi connectivity index (χ3v) is 2.51. The molecule has 2 aromatic rings. The van der Waals surface area contributed by atoms with Gasteiger partial charge in [0.25, 0.3) is 5.91 Å². The molecule has 0 unspecified atom stereocenters. The normalized spacial score (nSPS) is 10.1. The number of nitrogens with zero attached hydrogens (tertiary/aromatic N) is 1. The van der Waals surface area contributed by atoms with Gasteiger partial charge in [0.1, 0.15) is 5.75 Å². The van der Waals surface area contributed by atoms with Crippen LogP contribution in [-0.2, 0) is 0 Å². The van der Waals surface area contributed by atoms with Crippen molar-refractivity contribution >= 4 is 17.6 Å². The lowest BCUT2D eigenvalue weighted by Gasteiger charge is -2.08. The summed E-state index contributed by atoms with van der Waals surface area (Å²) in [4.78, 5) is 26.0. The molecule has 0 saturated carbocycles. The molecule has 1 aromatic carbocycles. The maximum Gasteiger partial charge on any atom is 0.335 e. The van der Waals surface area contributed by atoms with E-state index in [0.29, 0.717) is 0 Å². The molecule has 0 fully saturated rings. The van der Waals surface area contributed by atoms with Crippen LogP contribution < -0.4 is 5.32 Å². The van der Waals surface area contributed by atoms with Crippen LogP contribution in [0, 0.1) is 5.82 Å². The lowest BCUT2D eigenvalue weighted by Crippen LogP contribution is -2.14. The SMILES string of the molecule is O=C(O)c1ccc(NC(=O)c2ccncc2F)c(O)c1. The van der Waals surface area contributed by atoms with Gasteiger partial charge in [-0.3, -0.25) is 9.78 Å². The number of carboxylic acid groups (broad SMARTS) is 1. The van der Waals surface area contributed by atoms with E-state index in [9.17, 15) is 19.1 Å². The number of rotatable bonds is 3. The quantitative estimate of drug-likeness (QED) is 0.743. The zero-order valence-electron chi connectivity index (χ0n) is 10.0. The van der Waals surface area contributed by atoms with Gasteiger partial charge in [-0.15, -0.1) is 0 Å². The van der Waals surface area contributed by atoms with E-state index in [1.54, 1.807) is 0 Å². The van der Waals surface area contributed by atoms with Crippen molar-refractivity contribution in [2.45, 2.75) is 0 Å². The molecule has 0 aliphatic heterocycles. The van der Waals surface area contributed by atoms with Crippen molar-refractivity contribution in [2.24, 2.45) is 0 Å². The lowest BCUT2D eigenvalue weighted by molar-refractivity contribution is 0.0696. The van der Waals surface area contributed by atoms with Gasteiger partial charge in [-0.1, -0.05) is 0 Å². The molecule has 6 nitrogen and oxygen atoms in total. The van der Waals surface area contributed by atoms with E-state index in [-0.39, 0.29) is 16.8 Å². The summed E-state index contributed by atoms with van der Waals surface area (Å²) in [5, 5.41) is 20.6. The highest BCUT2D eigenvalue weighted by Gasteiger charge is 2.14. The van der Waals surface area contributed by atoms with Crippen molar-refractivity contribution in [3.8, 4) is 5.75 Å². The number of phenols is 1. The standard InChI is InChI=1S/C13H9FN2O4/c14-9-6-15-4-3-8(9)12(18)16-10-2-1-7(13(19)20)5-11(10)17/h1-6,17H,(H,16,18)(H,19,20). The monoisotopic (exact) mass is 276 g/mol. The van der Waals surface area contributed by atoms with Gasteiger partial charge < -0.3 is 15.5 Å². The second-order valence-corrected chi connectivity index (χ2v) is 3.85. The Hall–Kier alpha value is -2.96. The minimum atomic E-state index is -1.21. The number of pyridine rings is 1. The summed E-state index contributed by atoms with van der Waals surface area (Å²) in [5.74, 6) is -3.21. The van der Waals surface area contributed by atoms with Crippen LogP contribution >= 0.6 is 0 Å². The van der Waals surface area contributed by atoms with Crippen LogP contribution in [0.5, 0.6) is 5.75 Å². The number of carbonyl (C=O) groups is 2. The van der Waals surface area contributed by atoms with Gasteiger partial charge in [-0.25, -0.2) is 9.18 Å². The molecular formula is C13H9FN2O4. The Kier molecular flexibility index (Phi) is 3.60. The summed E-state index contributed by atoms with van der Waals surface area (Å²) in [6, 6.07) is 4.60. The highest BCUT2D eigenvalue weighted by molar-refractivity contribution is 6.05. The summed E-state index contributed by atoms with van der Waals surface area (Å²) in [7, 11) is 0. The summed E-state index contributed by atoms with van der Waals surface area (Å²) in [5.41, 5.74) is -0.381. The number of carboxylic acids is 1. The highest BCUT2D eigenvalue weighted by Crippen LogP contribution is 2.25. The van der Waals surface area contributed by atoms with Gasteiger partial charge in [0, 0.05) is 6.20 Å². The van der Waals surface area contributed by atoms with Crippen molar-refractivity contribution in [3.05, 3.63) is 53.6 Å². The highest BCUT2D eigenvalue weighted by atomic mass is 19.1. The third-order valence-electron chi connectivity index (χ3n) is 2.51. The van der Waals surface area contributed by atoms with Gasteiger partial charge in [0.2, 0.25) is 0 Å².